The Hall–Kier alpha value is -1.78. The number of imidazole rings is 1. The zero-order chi connectivity index (χ0) is 13.6. The number of hydrogen-bond donors (Lipinski definition) is 1. The maximum absolute atomic E-state index is 6.06. The average molecular weight is 293 g/mol. The molecule has 2 aromatic heterocycles. The van der Waals surface area contributed by atoms with Gasteiger partial charge in [-0.2, -0.15) is 0 Å². The van der Waals surface area contributed by atoms with Crippen LogP contribution in [-0.2, 0) is 7.05 Å². The third-order valence-corrected chi connectivity index (χ3v) is 3.59. The van der Waals surface area contributed by atoms with Crippen molar-refractivity contribution in [1.82, 2.24) is 14.5 Å². The standard InChI is InChI=1S/C13H10Cl2N4/c1-19-12(18-10-3-2-4-17-13(10)19)7-5-8(14)11(16)9(15)6-7/h2-6H,16H2,1H3. The molecule has 0 bridgehead atoms. The second-order valence-electron chi connectivity index (χ2n) is 4.19. The van der Waals surface area contributed by atoms with Crippen molar-refractivity contribution in [2.75, 3.05) is 5.73 Å². The average Bonchev–Trinajstić information content (AvgIpc) is 2.73. The van der Waals surface area contributed by atoms with Crippen LogP contribution in [0.2, 0.25) is 10.0 Å². The molecule has 2 N–H and O–H groups in total. The van der Waals surface area contributed by atoms with E-state index in [1.807, 2.05) is 23.7 Å². The molecule has 4 nitrogen and oxygen atoms in total. The fourth-order valence-electron chi connectivity index (χ4n) is 2.00. The largest absolute Gasteiger partial charge is 0.396 e. The van der Waals surface area contributed by atoms with Crippen molar-refractivity contribution in [2.45, 2.75) is 0 Å². The van der Waals surface area contributed by atoms with Crippen molar-refractivity contribution in [2.24, 2.45) is 7.05 Å². The third-order valence-electron chi connectivity index (χ3n) is 2.97. The second kappa shape index (κ2) is 4.40. The van der Waals surface area contributed by atoms with E-state index < -0.39 is 0 Å². The zero-order valence-electron chi connectivity index (χ0n) is 10.1. The number of pyridine rings is 1. The van der Waals surface area contributed by atoms with Crippen LogP contribution < -0.4 is 5.73 Å². The van der Waals surface area contributed by atoms with Crippen LogP contribution in [0.15, 0.2) is 30.5 Å². The lowest BCUT2D eigenvalue weighted by atomic mass is 10.2. The SMILES string of the molecule is Cn1c(-c2cc(Cl)c(N)c(Cl)c2)nc2cccnc21. The van der Waals surface area contributed by atoms with Crippen LogP contribution in [-0.4, -0.2) is 14.5 Å². The molecule has 3 rings (SSSR count). The van der Waals surface area contributed by atoms with Gasteiger partial charge in [-0.3, -0.25) is 0 Å². The quantitative estimate of drug-likeness (QED) is 0.698. The normalized spacial score (nSPS) is 11.1. The Morgan fingerprint density at radius 1 is 1.21 bits per heavy atom. The molecule has 0 radical (unpaired) electrons. The van der Waals surface area contributed by atoms with Crippen LogP contribution in [0.3, 0.4) is 0 Å². The van der Waals surface area contributed by atoms with Gasteiger partial charge in [0, 0.05) is 18.8 Å². The van der Waals surface area contributed by atoms with Crippen molar-refractivity contribution in [3.63, 3.8) is 0 Å². The Morgan fingerprint density at radius 3 is 2.53 bits per heavy atom. The Kier molecular flexibility index (Phi) is 2.84. The van der Waals surface area contributed by atoms with Gasteiger partial charge < -0.3 is 10.3 Å². The maximum Gasteiger partial charge on any atom is 0.159 e. The van der Waals surface area contributed by atoms with Gasteiger partial charge in [-0.05, 0) is 24.3 Å². The van der Waals surface area contributed by atoms with Gasteiger partial charge in [0.1, 0.15) is 11.3 Å². The lowest BCUT2D eigenvalue weighted by molar-refractivity contribution is 0.942. The molecule has 96 valence electrons. The highest BCUT2D eigenvalue weighted by molar-refractivity contribution is 6.39. The number of fused-ring (bicyclic) bond motifs is 1. The lowest BCUT2D eigenvalue weighted by Gasteiger charge is -2.06. The number of halogens is 2. The van der Waals surface area contributed by atoms with Gasteiger partial charge >= 0.3 is 0 Å². The lowest BCUT2D eigenvalue weighted by Crippen LogP contribution is -1.95. The fourth-order valence-corrected chi connectivity index (χ4v) is 2.48. The molecule has 1 aromatic carbocycles. The predicted molar refractivity (Wildman–Crippen MR) is 78.4 cm³/mol. The first-order valence-electron chi connectivity index (χ1n) is 5.60. The van der Waals surface area contributed by atoms with E-state index in [9.17, 15) is 0 Å². The summed E-state index contributed by atoms with van der Waals surface area (Å²) in [5.74, 6) is 0.748. The molecule has 2 heterocycles. The summed E-state index contributed by atoms with van der Waals surface area (Å²) < 4.78 is 1.90. The molecule has 0 saturated carbocycles. The van der Waals surface area contributed by atoms with Crippen LogP contribution in [0.25, 0.3) is 22.6 Å². The summed E-state index contributed by atoms with van der Waals surface area (Å²) in [5, 5.41) is 0.838. The maximum atomic E-state index is 6.06. The third kappa shape index (κ3) is 1.93. The van der Waals surface area contributed by atoms with E-state index in [4.69, 9.17) is 28.9 Å². The van der Waals surface area contributed by atoms with Gasteiger partial charge in [0.25, 0.3) is 0 Å². The first kappa shape index (κ1) is 12.3. The minimum atomic E-state index is 0.379. The summed E-state index contributed by atoms with van der Waals surface area (Å²) in [4.78, 5) is 8.84. The first-order valence-corrected chi connectivity index (χ1v) is 6.36. The van der Waals surface area contributed by atoms with Crippen molar-refractivity contribution in [1.29, 1.82) is 0 Å². The van der Waals surface area contributed by atoms with E-state index in [1.165, 1.54) is 0 Å². The second-order valence-corrected chi connectivity index (χ2v) is 5.01. The number of benzene rings is 1. The van der Waals surface area contributed by atoms with Crippen molar-refractivity contribution >= 4 is 40.1 Å². The number of aromatic nitrogens is 3. The van der Waals surface area contributed by atoms with E-state index in [1.54, 1.807) is 18.3 Å². The summed E-state index contributed by atoms with van der Waals surface area (Å²) >= 11 is 12.1. The molecule has 3 aromatic rings. The minimum absolute atomic E-state index is 0.379. The molecular weight excluding hydrogens is 283 g/mol. The summed E-state index contributed by atoms with van der Waals surface area (Å²) in [7, 11) is 1.90. The van der Waals surface area contributed by atoms with Gasteiger partial charge in [0.05, 0.1) is 15.7 Å². The molecule has 0 fully saturated rings. The molecule has 0 aliphatic carbocycles. The highest BCUT2D eigenvalue weighted by Gasteiger charge is 2.13. The summed E-state index contributed by atoms with van der Waals surface area (Å²) in [5.41, 5.74) is 8.56. The molecule has 19 heavy (non-hydrogen) atoms. The van der Waals surface area contributed by atoms with Crippen molar-refractivity contribution < 1.29 is 0 Å². The minimum Gasteiger partial charge on any atom is -0.396 e. The first-order chi connectivity index (χ1) is 9.08. The summed E-state index contributed by atoms with van der Waals surface area (Å²) in [6.45, 7) is 0. The highest BCUT2D eigenvalue weighted by Crippen LogP contribution is 2.33. The molecule has 0 spiro atoms. The molecule has 0 aliphatic rings. The summed E-state index contributed by atoms with van der Waals surface area (Å²) in [6.07, 6.45) is 1.73. The summed E-state index contributed by atoms with van der Waals surface area (Å²) in [6, 6.07) is 7.27. The van der Waals surface area contributed by atoms with Gasteiger partial charge in [0.15, 0.2) is 5.65 Å². The van der Waals surface area contributed by atoms with Crippen LogP contribution in [0, 0.1) is 0 Å². The van der Waals surface area contributed by atoms with Gasteiger partial charge in [-0.1, -0.05) is 23.2 Å². The molecule has 0 saturated heterocycles. The van der Waals surface area contributed by atoms with E-state index >= 15 is 0 Å². The fraction of sp³-hybridized carbons (Fsp3) is 0.0769. The highest BCUT2D eigenvalue weighted by atomic mass is 35.5. The van der Waals surface area contributed by atoms with Gasteiger partial charge in [-0.25, -0.2) is 9.97 Å². The van der Waals surface area contributed by atoms with Crippen molar-refractivity contribution in [3.8, 4) is 11.4 Å². The van der Waals surface area contributed by atoms with E-state index in [0.29, 0.717) is 15.7 Å². The van der Waals surface area contributed by atoms with Gasteiger partial charge in [-0.15, -0.1) is 0 Å². The molecule has 6 heteroatoms. The predicted octanol–water partition coefficient (Wildman–Crippen LogP) is 3.52. The number of nitrogens with two attached hydrogens (primary N) is 1. The van der Waals surface area contributed by atoms with Gasteiger partial charge in [0.2, 0.25) is 0 Å². The molecule has 0 aliphatic heterocycles. The monoisotopic (exact) mass is 292 g/mol. The number of aryl methyl sites for hydroxylation is 1. The van der Waals surface area contributed by atoms with E-state index in [2.05, 4.69) is 9.97 Å². The number of nitrogens with zero attached hydrogens (tertiary/aromatic N) is 3. The van der Waals surface area contributed by atoms with Crippen LogP contribution in [0.5, 0.6) is 0 Å². The number of anilines is 1. The van der Waals surface area contributed by atoms with Crippen molar-refractivity contribution in [3.05, 3.63) is 40.5 Å². The Balaban J connectivity index is 2.27. The number of nitrogen functional groups attached to an aromatic ring is 1. The number of rotatable bonds is 1. The van der Waals surface area contributed by atoms with E-state index in [0.717, 1.165) is 22.6 Å². The Morgan fingerprint density at radius 2 is 1.89 bits per heavy atom. The van der Waals surface area contributed by atoms with E-state index in [-0.39, 0.29) is 0 Å². The Bertz CT molecular complexity index is 756. The number of hydrogen-bond acceptors (Lipinski definition) is 3. The van der Waals surface area contributed by atoms with Crippen LogP contribution >= 0.6 is 23.2 Å². The van der Waals surface area contributed by atoms with Crippen LogP contribution in [0.4, 0.5) is 5.69 Å². The zero-order valence-corrected chi connectivity index (χ0v) is 11.6. The smallest absolute Gasteiger partial charge is 0.159 e. The molecule has 0 amide bonds. The molecular formula is C13H10Cl2N4. The molecule has 0 unspecified atom stereocenters. The Labute approximate surface area is 119 Å². The topological polar surface area (TPSA) is 56.7 Å². The van der Waals surface area contributed by atoms with Crippen LogP contribution in [0.1, 0.15) is 0 Å². The molecule has 0 atom stereocenters.